The van der Waals surface area contributed by atoms with Crippen LogP contribution in [0.2, 0.25) is 0 Å². The molecule has 5 heteroatoms. The lowest BCUT2D eigenvalue weighted by molar-refractivity contribution is 0.0934. The fourth-order valence-electron chi connectivity index (χ4n) is 3.05. The van der Waals surface area contributed by atoms with E-state index < -0.39 is 0 Å². The number of aromatic nitrogens is 1. The second-order valence-electron chi connectivity index (χ2n) is 6.69. The van der Waals surface area contributed by atoms with Crippen molar-refractivity contribution in [3.63, 3.8) is 0 Å². The predicted molar refractivity (Wildman–Crippen MR) is 100 cm³/mol. The van der Waals surface area contributed by atoms with Crippen LogP contribution in [0.4, 0.5) is 5.69 Å². The van der Waals surface area contributed by atoms with Gasteiger partial charge in [-0.1, -0.05) is 32.0 Å². The van der Waals surface area contributed by atoms with Crippen LogP contribution < -0.4 is 10.2 Å². The minimum absolute atomic E-state index is 0.0371. The van der Waals surface area contributed by atoms with E-state index in [1.807, 2.05) is 13.0 Å². The summed E-state index contributed by atoms with van der Waals surface area (Å²) < 4.78 is 0. The predicted octanol–water partition coefficient (Wildman–Crippen LogP) is 3.97. The van der Waals surface area contributed by atoms with Crippen molar-refractivity contribution in [3.8, 4) is 0 Å². The van der Waals surface area contributed by atoms with E-state index in [-0.39, 0.29) is 11.9 Å². The summed E-state index contributed by atoms with van der Waals surface area (Å²) in [5.74, 6) is 0.402. The van der Waals surface area contributed by atoms with E-state index in [2.05, 4.69) is 53.3 Å². The molecule has 128 valence electrons. The second-order valence-corrected chi connectivity index (χ2v) is 7.72. The highest BCUT2D eigenvalue weighted by molar-refractivity contribution is 7.13. The number of benzene rings is 1. The first-order valence-electron chi connectivity index (χ1n) is 8.62. The van der Waals surface area contributed by atoms with Gasteiger partial charge in [-0.25, -0.2) is 4.98 Å². The van der Waals surface area contributed by atoms with Gasteiger partial charge < -0.3 is 10.2 Å². The standard InChI is InChI=1S/C19H25N3OS/c1-13(2)19-20-14(3)17(24-19)18(23)21-15-9-11-22(12-10-15)16-7-5-4-6-8-16/h4-8,13,15H,9-12H2,1-3H3,(H,21,23). The van der Waals surface area contributed by atoms with Crippen molar-refractivity contribution in [2.24, 2.45) is 0 Å². The number of nitrogens with one attached hydrogen (secondary N) is 1. The summed E-state index contributed by atoms with van der Waals surface area (Å²) in [4.78, 5) is 20.2. The summed E-state index contributed by atoms with van der Waals surface area (Å²) in [7, 11) is 0. The number of para-hydroxylation sites is 1. The molecule has 0 bridgehead atoms. The first kappa shape index (κ1) is 17.0. The Kier molecular flexibility index (Phi) is 5.19. The minimum Gasteiger partial charge on any atom is -0.371 e. The number of hydrogen-bond donors (Lipinski definition) is 1. The zero-order valence-corrected chi connectivity index (χ0v) is 15.4. The molecule has 1 fully saturated rings. The van der Waals surface area contributed by atoms with Crippen molar-refractivity contribution in [2.75, 3.05) is 18.0 Å². The number of carbonyl (C=O) groups is 1. The average molecular weight is 343 g/mol. The summed E-state index contributed by atoms with van der Waals surface area (Å²) in [6.45, 7) is 8.11. The fourth-order valence-corrected chi connectivity index (χ4v) is 4.02. The largest absolute Gasteiger partial charge is 0.371 e. The van der Waals surface area contributed by atoms with Crippen LogP contribution in [0.15, 0.2) is 30.3 Å². The van der Waals surface area contributed by atoms with Crippen molar-refractivity contribution >= 4 is 22.9 Å². The molecular formula is C19H25N3OS. The van der Waals surface area contributed by atoms with Crippen molar-refractivity contribution < 1.29 is 4.79 Å². The molecule has 24 heavy (non-hydrogen) atoms. The van der Waals surface area contributed by atoms with E-state index in [0.717, 1.165) is 41.5 Å². The number of anilines is 1. The Morgan fingerprint density at radius 3 is 2.50 bits per heavy atom. The summed E-state index contributed by atoms with van der Waals surface area (Å²) in [5, 5.41) is 4.24. The van der Waals surface area contributed by atoms with Gasteiger partial charge in [0.25, 0.3) is 5.91 Å². The second kappa shape index (κ2) is 7.34. The first-order chi connectivity index (χ1) is 11.5. The number of amides is 1. The van der Waals surface area contributed by atoms with Crippen LogP contribution in [-0.2, 0) is 0 Å². The molecule has 0 radical (unpaired) electrons. The summed E-state index contributed by atoms with van der Waals surface area (Å²) in [6.07, 6.45) is 1.96. The molecule has 1 saturated heterocycles. The summed E-state index contributed by atoms with van der Waals surface area (Å²) in [5.41, 5.74) is 2.12. The number of carbonyl (C=O) groups excluding carboxylic acids is 1. The summed E-state index contributed by atoms with van der Waals surface area (Å²) in [6, 6.07) is 10.7. The summed E-state index contributed by atoms with van der Waals surface area (Å²) >= 11 is 1.53. The molecule has 3 rings (SSSR count). The topological polar surface area (TPSA) is 45.2 Å². The van der Waals surface area contributed by atoms with Crippen molar-refractivity contribution in [1.29, 1.82) is 0 Å². The third-order valence-electron chi connectivity index (χ3n) is 4.46. The molecular weight excluding hydrogens is 318 g/mol. The van der Waals surface area contributed by atoms with Gasteiger partial charge in [0.1, 0.15) is 4.88 Å². The van der Waals surface area contributed by atoms with Crippen molar-refractivity contribution in [1.82, 2.24) is 10.3 Å². The molecule has 1 aliphatic rings. The molecule has 2 heterocycles. The van der Waals surface area contributed by atoms with Crippen molar-refractivity contribution in [3.05, 3.63) is 45.9 Å². The molecule has 0 unspecified atom stereocenters. The van der Waals surface area contributed by atoms with Gasteiger partial charge in [-0.3, -0.25) is 4.79 Å². The van der Waals surface area contributed by atoms with Crippen LogP contribution in [-0.4, -0.2) is 30.0 Å². The highest BCUT2D eigenvalue weighted by atomic mass is 32.1. The highest BCUT2D eigenvalue weighted by Gasteiger charge is 2.23. The molecule has 0 aliphatic carbocycles. The van der Waals surface area contributed by atoms with Gasteiger partial charge in [0.05, 0.1) is 10.7 Å². The van der Waals surface area contributed by atoms with Gasteiger partial charge in [0, 0.05) is 30.7 Å². The van der Waals surface area contributed by atoms with E-state index in [9.17, 15) is 4.79 Å². The Morgan fingerprint density at radius 1 is 1.25 bits per heavy atom. The van der Waals surface area contributed by atoms with Gasteiger partial charge >= 0.3 is 0 Å². The number of rotatable bonds is 4. The quantitative estimate of drug-likeness (QED) is 0.913. The van der Waals surface area contributed by atoms with Crippen LogP contribution in [0.5, 0.6) is 0 Å². The normalized spacial score (nSPS) is 15.8. The van der Waals surface area contributed by atoms with Crippen LogP contribution in [0.3, 0.4) is 0 Å². The lowest BCUT2D eigenvalue weighted by Crippen LogP contribution is -2.44. The number of piperidine rings is 1. The Labute approximate surface area is 147 Å². The average Bonchev–Trinajstić information content (AvgIpc) is 2.99. The zero-order valence-electron chi connectivity index (χ0n) is 14.6. The maximum absolute atomic E-state index is 12.6. The molecule has 1 aliphatic heterocycles. The van der Waals surface area contributed by atoms with Gasteiger partial charge in [-0.2, -0.15) is 0 Å². The zero-order chi connectivity index (χ0) is 17.1. The van der Waals surface area contributed by atoms with E-state index in [4.69, 9.17) is 0 Å². The van der Waals surface area contributed by atoms with Gasteiger partial charge in [-0.15, -0.1) is 11.3 Å². The maximum Gasteiger partial charge on any atom is 0.263 e. The molecule has 0 atom stereocenters. The van der Waals surface area contributed by atoms with E-state index >= 15 is 0 Å². The van der Waals surface area contributed by atoms with Crippen LogP contribution >= 0.6 is 11.3 Å². The van der Waals surface area contributed by atoms with Crippen LogP contribution in [0, 0.1) is 6.92 Å². The number of aryl methyl sites for hydroxylation is 1. The Bertz CT molecular complexity index is 688. The molecule has 0 saturated carbocycles. The minimum atomic E-state index is 0.0371. The van der Waals surface area contributed by atoms with Gasteiger partial charge in [0.15, 0.2) is 0 Å². The number of thiazole rings is 1. The molecule has 1 aromatic carbocycles. The van der Waals surface area contributed by atoms with E-state index in [1.54, 1.807) is 0 Å². The molecule has 2 aromatic rings. The highest BCUT2D eigenvalue weighted by Crippen LogP contribution is 2.25. The number of nitrogens with zero attached hydrogens (tertiary/aromatic N) is 2. The van der Waals surface area contributed by atoms with E-state index in [0.29, 0.717) is 5.92 Å². The monoisotopic (exact) mass is 343 g/mol. The Hall–Kier alpha value is -1.88. The third-order valence-corrected chi connectivity index (χ3v) is 5.92. The first-order valence-corrected chi connectivity index (χ1v) is 9.44. The smallest absolute Gasteiger partial charge is 0.263 e. The number of hydrogen-bond acceptors (Lipinski definition) is 4. The third kappa shape index (κ3) is 3.78. The molecule has 1 N–H and O–H groups in total. The van der Waals surface area contributed by atoms with Gasteiger partial charge in [0.2, 0.25) is 0 Å². The van der Waals surface area contributed by atoms with Crippen molar-refractivity contribution in [2.45, 2.75) is 45.6 Å². The Balaban J connectivity index is 1.57. The SMILES string of the molecule is Cc1nc(C(C)C)sc1C(=O)NC1CCN(c2ccccc2)CC1. The Morgan fingerprint density at radius 2 is 1.92 bits per heavy atom. The lowest BCUT2D eigenvalue weighted by Gasteiger charge is -2.33. The van der Waals surface area contributed by atoms with Gasteiger partial charge in [-0.05, 0) is 31.9 Å². The molecule has 1 amide bonds. The lowest BCUT2D eigenvalue weighted by atomic mass is 10.0. The molecule has 4 nitrogen and oxygen atoms in total. The molecule has 0 spiro atoms. The van der Waals surface area contributed by atoms with Crippen LogP contribution in [0.1, 0.15) is 53.0 Å². The van der Waals surface area contributed by atoms with Crippen LogP contribution in [0.25, 0.3) is 0 Å². The fraction of sp³-hybridized carbons (Fsp3) is 0.474. The molecule has 1 aromatic heterocycles. The maximum atomic E-state index is 12.6. The van der Waals surface area contributed by atoms with E-state index in [1.165, 1.54) is 17.0 Å².